The van der Waals surface area contributed by atoms with Crippen LogP contribution in [0.2, 0.25) is 0 Å². The number of benzene rings is 2. The number of rotatable bonds is 7. The molecule has 2 aromatic rings. The van der Waals surface area contributed by atoms with E-state index in [0.29, 0.717) is 35.7 Å². The predicted octanol–water partition coefficient (Wildman–Crippen LogP) is 3.06. The molecular formula is C20H21N3O3. The number of nitrogens with zero attached hydrogens (tertiary/aromatic N) is 2. The third kappa shape index (κ3) is 5.08. The molecule has 0 aliphatic carbocycles. The lowest BCUT2D eigenvalue weighted by Gasteiger charge is -2.18. The van der Waals surface area contributed by atoms with E-state index in [2.05, 4.69) is 5.32 Å². The minimum atomic E-state index is -0.324. The fourth-order valence-electron chi connectivity index (χ4n) is 2.39. The minimum absolute atomic E-state index is 0.0337. The lowest BCUT2D eigenvalue weighted by atomic mass is 10.2. The Bertz CT molecular complexity index is 806. The first-order chi connectivity index (χ1) is 12.6. The van der Waals surface area contributed by atoms with Crippen molar-refractivity contribution in [1.82, 2.24) is 4.90 Å². The Hall–Kier alpha value is -3.33. The summed E-state index contributed by atoms with van der Waals surface area (Å²) in [6.45, 7) is 5.00. The van der Waals surface area contributed by atoms with Crippen LogP contribution in [0, 0.1) is 11.3 Å². The average molecular weight is 351 g/mol. The molecule has 0 heterocycles. The van der Waals surface area contributed by atoms with E-state index in [4.69, 9.17) is 10.00 Å². The number of anilines is 1. The molecule has 0 radical (unpaired) electrons. The molecule has 6 heteroatoms. The van der Waals surface area contributed by atoms with Crippen molar-refractivity contribution in [2.75, 3.05) is 25.0 Å². The molecular weight excluding hydrogens is 330 g/mol. The van der Waals surface area contributed by atoms with Crippen LogP contribution in [-0.4, -0.2) is 36.4 Å². The number of ether oxygens (including phenoxy) is 1. The van der Waals surface area contributed by atoms with Crippen LogP contribution < -0.4 is 10.1 Å². The summed E-state index contributed by atoms with van der Waals surface area (Å²) in [6, 6.07) is 15.4. The van der Waals surface area contributed by atoms with Gasteiger partial charge in [0.05, 0.1) is 11.6 Å². The number of carbonyl (C=O) groups is 2. The van der Waals surface area contributed by atoms with Crippen molar-refractivity contribution >= 4 is 17.5 Å². The second-order valence-electron chi connectivity index (χ2n) is 5.53. The van der Waals surface area contributed by atoms with E-state index in [9.17, 15) is 9.59 Å². The second-order valence-corrected chi connectivity index (χ2v) is 5.53. The van der Waals surface area contributed by atoms with Crippen LogP contribution >= 0.6 is 0 Å². The fourth-order valence-corrected chi connectivity index (χ4v) is 2.39. The maximum absolute atomic E-state index is 12.2. The summed E-state index contributed by atoms with van der Waals surface area (Å²) in [5.74, 6) is 0.100. The normalized spacial score (nSPS) is 9.88. The molecule has 2 rings (SSSR count). The van der Waals surface area contributed by atoms with Gasteiger partial charge in [-0.05, 0) is 56.3 Å². The van der Waals surface area contributed by atoms with Crippen molar-refractivity contribution in [3.05, 3.63) is 59.7 Å². The third-order valence-corrected chi connectivity index (χ3v) is 3.80. The number of hydrogen-bond acceptors (Lipinski definition) is 4. The van der Waals surface area contributed by atoms with Gasteiger partial charge in [0.2, 0.25) is 0 Å². The SMILES string of the molecule is CCN(CC)C(=O)c1ccc(NC(=O)COc2cccc(C#N)c2)cc1. The average Bonchev–Trinajstić information content (AvgIpc) is 2.68. The van der Waals surface area contributed by atoms with Crippen LogP contribution in [0.1, 0.15) is 29.8 Å². The molecule has 2 amide bonds. The van der Waals surface area contributed by atoms with Crippen molar-refractivity contribution in [3.63, 3.8) is 0 Å². The summed E-state index contributed by atoms with van der Waals surface area (Å²) in [4.78, 5) is 26.0. The van der Waals surface area contributed by atoms with Crippen LogP contribution in [0.15, 0.2) is 48.5 Å². The van der Waals surface area contributed by atoms with Crippen molar-refractivity contribution < 1.29 is 14.3 Å². The van der Waals surface area contributed by atoms with Crippen LogP contribution in [0.5, 0.6) is 5.75 Å². The van der Waals surface area contributed by atoms with Crippen LogP contribution in [-0.2, 0) is 4.79 Å². The van der Waals surface area contributed by atoms with Gasteiger partial charge >= 0.3 is 0 Å². The first-order valence-corrected chi connectivity index (χ1v) is 8.39. The topological polar surface area (TPSA) is 82.4 Å². The largest absolute Gasteiger partial charge is 0.484 e. The molecule has 2 aromatic carbocycles. The quantitative estimate of drug-likeness (QED) is 0.831. The molecule has 0 aliphatic rings. The first kappa shape index (κ1) is 19.0. The van der Waals surface area contributed by atoms with Crippen molar-refractivity contribution in [1.29, 1.82) is 5.26 Å². The summed E-state index contributed by atoms with van der Waals surface area (Å²) >= 11 is 0. The molecule has 6 nitrogen and oxygen atoms in total. The Kier molecular flexibility index (Phi) is 6.75. The number of amides is 2. The van der Waals surface area contributed by atoms with Gasteiger partial charge in [-0.25, -0.2) is 0 Å². The Morgan fingerprint density at radius 3 is 2.42 bits per heavy atom. The lowest BCUT2D eigenvalue weighted by molar-refractivity contribution is -0.118. The first-order valence-electron chi connectivity index (χ1n) is 8.39. The van der Waals surface area contributed by atoms with Gasteiger partial charge in [-0.15, -0.1) is 0 Å². The Balaban J connectivity index is 1.91. The van der Waals surface area contributed by atoms with E-state index in [-0.39, 0.29) is 18.4 Å². The molecule has 0 unspecified atom stereocenters. The van der Waals surface area contributed by atoms with Crippen molar-refractivity contribution in [2.45, 2.75) is 13.8 Å². The van der Waals surface area contributed by atoms with Gasteiger partial charge < -0.3 is 15.0 Å². The van der Waals surface area contributed by atoms with Crippen LogP contribution in [0.4, 0.5) is 5.69 Å². The van der Waals surface area contributed by atoms with Crippen LogP contribution in [0.25, 0.3) is 0 Å². The van der Waals surface area contributed by atoms with Gasteiger partial charge in [0.1, 0.15) is 5.75 Å². The molecule has 134 valence electrons. The maximum Gasteiger partial charge on any atom is 0.262 e. The van der Waals surface area contributed by atoms with Gasteiger partial charge in [0.15, 0.2) is 6.61 Å². The Morgan fingerprint density at radius 2 is 1.81 bits per heavy atom. The van der Waals surface area contributed by atoms with E-state index in [1.807, 2.05) is 19.9 Å². The van der Waals surface area contributed by atoms with Gasteiger partial charge in [0.25, 0.3) is 11.8 Å². The molecule has 0 fully saturated rings. The number of nitriles is 1. The lowest BCUT2D eigenvalue weighted by Crippen LogP contribution is -2.30. The monoisotopic (exact) mass is 351 g/mol. The molecule has 0 aliphatic heterocycles. The molecule has 0 atom stereocenters. The Morgan fingerprint density at radius 1 is 1.12 bits per heavy atom. The van der Waals surface area contributed by atoms with Gasteiger partial charge in [-0.2, -0.15) is 5.26 Å². The smallest absolute Gasteiger partial charge is 0.262 e. The zero-order chi connectivity index (χ0) is 18.9. The second kappa shape index (κ2) is 9.23. The summed E-state index contributed by atoms with van der Waals surface area (Å²) in [5, 5.41) is 11.6. The highest BCUT2D eigenvalue weighted by atomic mass is 16.5. The number of hydrogen-bond donors (Lipinski definition) is 1. The molecule has 0 bridgehead atoms. The van der Waals surface area contributed by atoms with E-state index in [1.165, 1.54) is 0 Å². The fraction of sp³-hybridized carbons (Fsp3) is 0.250. The van der Waals surface area contributed by atoms with Crippen LogP contribution in [0.3, 0.4) is 0 Å². The molecule has 26 heavy (non-hydrogen) atoms. The van der Waals surface area contributed by atoms with Gasteiger partial charge in [-0.1, -0.05) is 6.07 Å². The molecule has 1 N–H and O–H groups in total. The summed E-state index contributed by atoms with van der Waals surface area (Å²) in [6.07, 6.45) is 0. The third-order valence-electron chi connectivity index (χ3n) is 3.80. The maximum atomic E-state index is 12.2. The molecule has 0 saturated heterocycles. The Labute approximate surface area is 153 Å². The standard InChI is InChI=1S/C20H21N3O3/c1-3-23(4-2)20(25)16-8-10-17(11-9-16)22-19(24)14-26-18-7-5-6-15(12-18)13-21/h5-12H,3-4,14H2,1-2H3,(H,22,24). The van der Waals surface area contributed by atoms with Gasteiger partial charge in [0, 0.05) is 24.3 Å². The predicted molar refractivity (Wildman–Crippen MR) is 99.0 cm³/mol. The van der Waals surface area contributed by atoms with Crippen molar-refractivity contribution in [3.8, 4) is 11.8 Å². The van der Waals surface area contributed by atoms with E-state index < -0.39 is 0 Å². The highest BCUT2D eigenvalue weighted by Crippen LogP contribution is 2.14. The minimum Gasteiger partial charge on any atom is -0.484 e. The summed E-state index contributed by atoms with van der Waals surface area (Å²) in [5.41, 5.74) is 1.63. The highest BCUT2D eigenvalue weighted by molar-refractivity contribution is 5.96. The number of carbonyl (C=O) groups excluding carboxylic acids is 2. The molecule has 0 spiro atoms. The van der Waals surface area contributed by atoms with Gasteiger partial charge in [-0.3, -0.25) is 9.59 Å². The van der Waals surface area contributed by atoms with E-state index >= 15 is 0 Å². The van der Waals surface area contributed by atoms with E-state index in [1.54, 1.807) is 53.4 Å². The molecule has 0 aromatic heterocycles. The van der Waals surface area contributed by atoms with Crippen molar-refractivity contribution in [2.24, 2.45) is 0 Å². The molecule has 0 saturated carbocycles. The number of nitrogens with one attached hydrogen (secondary N) is 1. The summed E-state index contributed by atoms with van der Waals surface area (Å²) < 4.78 is 5.38. The van der Waals surface area contributed by atoms with E-state index in [0.717, 1.165) is 0 Å². The summed E-state index contributed by atoms with van der Waals surface area (Å²) in [7, 11) is 0. The highest BCUT2D eigenvalue weighted by Gasteiger charge is 2.12. The zero-order valence-corrected chi connectivity index (χ0v) is 14.9. The zero-order valence-electron chi connectivity index (χ0n) is 14.9.